The molecule has 5 rings (SSSR count). The summed E-state index contributed by atoms with van der Waals surface area (Å²) >= 11 is 3.29. The SMILES string of the molecule is CC(C)[C@@H](C=O)N(C)C(=O)ON1CCC[C@H]1c1ncc(-c2ccc3c(c2)C(F)(F)c2cc(Br)ccc2-3)[nH]1. The lowest BCUT2D eigenvalue weighted by Gasteiger charge is -2.29. The van der Waals surface area contributed by atoms with Crippen LogP contribution in [0, 0.1) is 5.92 Å². The molecule has 1 N–H and O–H groups in total. The van der Waals surface area contributed by atoms with Gasteiger partial charge < -0.3 is 14.6 Å². The molecule has 7 nitrogen and oxygen atoms in total. The molecule has 1 saturated heterocycles. The van der Waals surface area contributed by atoms with Crippen molar-refractivity contribution in [1.82, 2.24) is 19.9 Å². The van der Waals surface area contributed by atoms with Gasteiger partial charge in [-0.05, 0) is 48.1 Å². The number of aromatic amines is 1. The third-order valence-electron chi connectivity index (χ3n) is 7.15. The summed E-state index contributed by atoms with van der Waals surface area (Å²) in [6, 6.07) is 9.07. The summed E-state index contributed by atoms with van der Waals surface area (Å²) in [5.41, 5.74) is 2.19. The number of fused-ring (bicyclic) bond motifs is 3. The summed E-state index contributed by atoms with van der Waals surface area (Å²) in [7, 11) is 1.54. The zero-order chi connectivity index (χ0) is 26.5. The first kappa shape index (κ1) is 25.5. The van der Waals surface area contributed by atoms with E-state index < -0.39 is 18.1 Å². The van der Waals surface area contributed by atoms with Crippen molar-refractivity contribution < 1.29 is 23.2 Å². The molecule has 0 radical (unpaired) electrons. The number of carbonyl (C=O) groups excluding carboxylic acids is 2. The van der Waals surface area contributed by atoms with Gasteiger partial charge in [-0.2, -0.15) is 8.78 Å². The second kappa shape index (κ2) is 9.64. The number of nitrogens with zero attached hydrogens (tertiary/aromatic N) is 3. The quantitative estimate of drug-likeness (QED) is 0.350. The summed E-state index contributed by atoms with van der Waals surface area (Å²) in [6.45, 7) is 4.24. The van der Waals surface area contributed by atoms with Crippen molar-refractivity contribution in [2.24, 2.45) is 5.92 Å². The van der Waals surface area contributed by atoms with Crippen molar-refractivity contribution in [1.29, 1.82) is 0 Å². The third-order valence-corrected chi connectivity index (χ3v) is 7.64. The number of amides is 1. The Morgan fingerprint density at radius 2 is 1.95 bits per heavy atom. The van der Waals surface area contributed by atoms with Gasteiger partial charge in [0.2, 0.25) is 0 Å². The zero-order valence-corrected chi connectivity index (χ0v) is 22.3. The highest BCUT2D eigenvalue weighted by Crippen LogP contribution is 2.52. The van der Waals surface area contributed by atoms with Crippen LogP contribution >= 0.6 is 15.9 Å². The predicted molar refractivity (Wildman–Crippen MR) is 138 cm³/mol. The van der Waals surface area contributed by atoms with E-state index in [-0.39, 0.29) is 23.1 Å². The van der Waals surface area contributed by atoms with Gasteiger partial charge >= 0.3 is 6.09 Å². The number of carbonyl (C=O) groups is 2. The maximum atomic E-state index is 15.3. The summed E-state index contributed by atoms with van der Waals surface area (Å²) in [5, 5.41) is 1.56. The fraction of sp³-hybridized carbons (Fsp3) is 0.370. The number of likely N-dealkylation sites (N-methyl/N-ethyl adjacent to an activating group) is 1. The molecular formula is C27H27BrF2N4O3. The fourth-order valence-corrected chi connectivity index (χ4v) is 5.48. The molecule has 0 unspecified atom stereocenters. The van der Waals surface area contributed by atoms with Crippen LogP contribution < -0.4 is 0 Å². The molecule has 1 aliphatic heterocycles. The lowest BCUT2D eigenvalue weighted by molar-refractivity contribution is -0.131. The van der Waals surface area contributed by atoms with Gasteiger partial charge in [-0.1, -0.05) is 48.0 Å². The fourth-order valence-electron chi connectivity index (χ4n) is 5.12. The number of aldehydes is 1. The number of hydrogen-bond acceptors (Lipinski definition) is 5. The smallest absolute Gasteiger partial charge is 0.350 e. The first-order chi connectivity index (χ1) is 17.6. The molecule has 1 aromatic heterocycles. The van der Waals surface area contributed by atoms with E-state index >= 15 is 8.78 Å². The first-order valence-corrected chi connectivity index (χ1v) is 13.0. The Bertz CT molecular complexity index is 1360. The normalized spacial score (nSPS) is 18.9. The zero-order valence-electron chi connectivity index (χ0n) is 20.7. The van der Waals surface area contributed by atoms with Crippen LogP contribution in [-0.4, -0.2) is 51.9 Å². The highest BCUT2D eigenvalue weighted by molar-refractivity contribution is 9.10. The van der Waals surface area contributed by atoms with Crippen LogP contribution in [0.15, 0.2) is 47.1 Å². The minimum absolute atomic E-state index is 0.0120. The summed E-state index contributed by atoms with van der Waals surface area (Å²) in [6.07, 6.45) is 3.23. The summed E-state index contributed by atoms with van der Waals surface area (Å²) in [5.74, 6) is -2.57. The number of hydrogen-bond donors (Lipinski definition) is 1. The van der Waals surface area contributed by atoms with Gasteiger partial charge in [0, 0.05) is 34.8 Å². The van der Waals surface area contributed by atoms with Crippen molar-refractivity contribution in [3.05, 3.63) is 64.0 Å². The number of hydroxylamine groups is 2. The molecule has 3 aromatic rings. The van der Waals surface area contributed by atoms with Crippen LogP contribution in [0.4, 0.5) is 13.6 Å². The average Bonchev–Trinajstić information content (AvgIpc) is 3.57. The van der Waals surface area contributed by atoms with E-state index in [4.69, 9.17) is 4.84 Å². The molecule has 2 atom stereocenters. The predicted octanol–water partition coefficient (Wildman–Crippen LogP) is 6.30. The molecule has 10 heteroatoms. The van der Waals surface area contributed by atoms with Crippen molar-refractivity contribution >= 4 is 28.3 Å². The molecule has 194 valence electrons. The second-order valence-electron chi connectivity index (χ2n) is 9.84. The van der Waals surface area contributed by atoms with Gasteiger partial charge in [0.1, 0.15) is 18.2 Å². The molecule has 1 aliphatic carbocycles. The Morgan fingerprint density at radius 1 is 1.24 bits per heavy atom. The molecule has 1 amide bonds. The van der Waals surface area contributed by atoms with Crippen LogP contribution in [0.25, 0.3) is 22.4 Å². The minimum atomic E-state index is -3.11. The number of alkyl halides is 2. The average molecular weight is 573 g/mol. The Morgan fingerprint density at radius 3 is 2.65 bits per heavy atom. The molecule has 1 fully saturated rings. The van der Waals surface area contributed by atoms with Crippen LogP contribution in [0.3, 0.4) is 0 Å². The van der Waals surface area contributed by atoms with E-state index in [1.807, 2.05) is 13.8 Å². The largest absolute Gasteiger partial charge is 0.429 e. The maximum Gasteiger partial charge on any atom is 0.429 e. The number of rotatable bonds is 6. The number of imidazole rings is 1. The monoisotopic (exact) mass is 572 g/mol. The van der Waals surface area contributed by atoms with Gasteiger partial charge in [0.05, 0.1) is 17.9 Å². The maximum absolute atomic E-state index is 15.3. The van der Waals surface area contributed by atoms with Gasteiger partial charge in [-0.15, -0.1) is 5.06 Å². The topological polar surface area (TPSA) is 78.5 Å². The van der Waals surface area contributed by atoms with Crippen LogP contribution in [0.5, 0.6) is 0 Å². The molecule has 2 heterocycles. The third kappa shape index (κ3) is 4.46. The number of nitrogens with one attached hydrogen (secondary N) is 1. The summed E-state index contributed by atoms with van der Waals surface area (Å²) in [4.78, 5) is 38.7. The highest BCUT2D eigenvalue weighted by atomic mass is 79.9. The molecule has 37 heavy (non-hydrogen) atoms. The molecule has 0 spiro atoms. The molecular weight excluding hydrogens is 546 g/mol. The van der Waals surface area contributed by atoms with E-state index in [2.05, 4.69) is 25.9 Å². The Labute approximate surface area is 221 Å². The van der Waals surface area contributed by atoms with E-state index in [0.29, 0.717) is 45.6 Å². The van der Waals surface area contributed by atoms with Crippen molar-refractivity contribution in [3.63, 3.8) is 0 Å². The van der Waals surface area contributed by atoms with Gasteiger partial charge in [0.25, 0.3) is 5.92 Å². The van der Waals surface area contributed by atoms with Crippen LogP contribution in [0.2, 0.25) is 0 Å². The van der Waals surface area contributed by atoms with Gasteiger partial charge in [-0.25, -0.2) is 9.78 Å². The number of aromatic nitrogens is 2. The standard InChI is InChI=1S/C27H27BrF2N4O3/c1-15(2)24(14-35)33(3)26(36)37-34-10-4-5-23(34)25-31-13-22(32-25)16-6-8-18-19-9-7-17(28)12-21(19)27(29,30)20(18)11-16/h6-9,11-15,23-24H,4-5,10H2,1-3H3,(H,31,32)/t23-,24+/m0/s1. The summed E-state index contributed by atoms with van der Waals surface area (Å²) < 4.78 is 31.2. The first-order valence-electron chi connectivity index (χ1n) is 12.2. The number of benzene rings is 2. The molecule has 2 aromatic carbocycles. The number of halogens is 3. The second-order valence-corrected chi connectivity index (χ2v) is 10.8. The molecule has 2 aliphatic rings. The van der Waals surface area contributed by atoms with Crippen molar-refractivity contribution in [2.75, 3.05) is 13.6 Å². The Balaban J connectivity index is 1.36. The van der Waals surface area contributed by atoms with E-state index in [1.165, 1.54) is 24.1 Å². The van der Waals surface area contributed by atoms with E-state index in [1.54, 1.807) is 35.5 Å². The van der Waals surface area contributed by atoms with Gasteiger partial charge in [-0.3, -0.25) is 4.90 Å². The lowest BCUT2D eigenvalue weighted by Crippen LogP contribution is -2.44. The highest BCUT2D eigenvalue weighted by Gasteiger charge is 2.44. The Hall–Kier alpha value is -3.11. The van der Waals surface area contributed by atoms with Crippen molar-refractivity contribution in [2.45, 2.75) is 44.7 Å². The lowest BCUT2D eigenvalue weighted by atomic mass is 10.0. The molecule has 0 saturated carbocycles. The van der Waals surface area contributed by atoms with Crippen LogP contribution in [-0.2, 0) is 15.6 Å². The van der Waals surface area contributed by atoms with Crippen LogP contribution in [0.1, 0.15) is 49.7 Å². The van der Waals surface area contributed by atoms with E-state index in [0.717, 1.165) is 12.7 Å². The number of H-pyrrole nitrogens is 1. The minimum Gasteiger partial charge on any atom is -0.350 e. The Kier molecular flexibility index (Phi) is 6.66. The van der Waals surface area contributed by atoms with Crippen molar-refractivity contribution in [3.8, 4) is 22.4 Å². The molecule has 0 bridgehead atoms. The van der Waals surface area contributed by atoms with E-state index in [9.17, 15) is 9.59 Å². The van der Waals surface area contributed by atoms with Gasteiger partial charge in [0.15, 0.2) is 0 Å².